The van der Waals surface area contributed by atoms with Crippen molar-refractivity contribution in [3.63, 3.8) is 0 Å². The third kappa shape index (κ3) is 5.77. The number of nitrogens with one attached hydrogen (secondary N) is 2. The summed E-state index contributed by atoms with van der Waals surface area (Å²) in [6.45, 7) is 4.12. The first-order chi connectivity index (χ1) is 11.2. The number of amides is 2. The molecule has 0 aromatic carbocycles. The number of hydrogen-bond donors (Lipinski definition) is 2. The van der Waals surface area contributed by atoms with Crippen molar-refractivity contribution in [2.45, 2.75) is 44.9 Å². The minimum Gasteiger partial charge on any atom is -0.384 e. The van der Waals surface area contributed by atoms with E-state index >= 15 is 0 Å². The van der Waals surface area contributed by atoms with E-state index in [0.29, 0.717) is 26.1 Å². The quantitative estimate of drug-likeness (QED) is 0.761. The van der Waals surface area contributed by atoms with E-state index in [0.717, 1.165) is 51.6 Å². The number of hydrogen-bond acceptors (Lipinski definition) is 4. The highest BCUT2D eigenvalue weighted by Gasteiger charge is 2.32. The molecule has 23 heavy (non-hydrogen) atoms. The van der Waals surface area contributed by atoms with Crippen LogP contribution in [-0.4, -0.2) is 63.2 Å². The number of carbonyl (C=O) groups is 2. The Kier molecular flexibility index (Phi) is 7.30. The predicted molar refractivity (Wildman–Crippen MR) is 89.1 cm³/mol. The van der Waals surface area contributed by atoms with E-state index in [9.17, 15) is 9.59 Å². The third-order valence-electron chi connectivity index (χ3n) is 5.03. The summed E-state index contributed by atoms with van der Waals surface area (Å²) < 4.78 is 5.37. The van der Waals surface area contributed by atoms with Crippen LogP contribution in [0.1, 0.15) is 44.9 Å². The molecule has 2 heterocycles. The van der Waals surface area contributed by atoms with Crippen LogP contribution in [0.2, 0.25) is 0 Å². The molecular formula is C17H31N3O3. The largest absolute Gasteiger partial charge is 0.384 e. The van der Waals surface area contributed by atoms with Crippen LogP contribution in [0.15, 0.2) is 0 Å². The Morgan fingerprint density at radius 1 is 1.26 bits per heavy atom. The minimum absolute atomic E-state index is 0.0237. The molecular weight excluding hydrogens is 294 g/mol. The molecule has 0 aromatic heterocycles. The van der Waals surface area contributed by atoms with Crippen molar-refractivity contribution in [2.75, 3.05) is 46.4 Å². The molecule has 2 aliphatic rings. The van der Waals surface area contributed by atoms with Crippen LogP contribution in [0.3, 0.4) is 0 Å². The van der Waals surface area contributed by atoms with Crippen LogP contribution in [0.25, 0.3) is 0 Å². The van der Waals surface area contributed by atoms with Gasteiger partial charge in [0.25, 0.3) is 0 Å². The maximum absolute atomic E-state index is 12.3. The highest BCUT2D eigenvalue weighted by Crippen LogP contribution is 2.28. The number of piperidine rings is 1. The molecule has 0 aromatic rings. The molecule has 0 bridgehead atoms. The fourth-order valence-corrected chi connectivity index (χ4v) is 3.53. The number of methoxy groups -OCH3 is 1. The number of ether oxygens (including phenoxy) is 1. The zero-order chi connectivity index (χ0) is 16.5. The molecule has 6 nitrogen and oxygen atoms in total. The fraction of sp³-hybridized carbons (Fsp3) is 0.882. The van der Waals surface area contributed by atoms with Crippen LogP contribution in [0.5, 0.6) is 0 Å². The maximum Gasteiger partial charge on any atom is 0.239 e. The van der Waals surface area contributed by atoms with Gasteiger partial charge in [-0.15, -0.1) is 0 Å². The summed E-state index contributed by atoms with van der Waals surface area (Å²) >= 11 is 0. The van der Waals surface area contributed by atoms with Crippen molar-refractivity contribution in [1.29, 1.82) is 0 Å². The van der Waals surface area contributed by atoms with E-state index in [1.54, 1.807) is 12.0 Å². The van der Waals surface area contributed by atoms with Crippen LogP contribution in [0, 0.1) is 5.41 Å². The van der Waals surface area contributed by atoms with Crippen molar-refractivity contribution in [3.8, 4) is 0 Å². The van der Waals surface area contributed by atoms with Crippen LogP contribution < -0.4 is 10.6 Å². The molecule has 6 heteroatoms. The Labute approximate surface area is 139 Å². The van der Waals surface area contributed by atoms with Crippen LogP contribution in [-0.2, 0) is 14.3 Å². The molecule has 0 aliphatic carbocycles. The lowest BCUT2D eigenvalue weighted by molar-refractivity contribution is -0.136. The number of rotatable bonds is 6. The highest BCUT2D eigenvalue weighted by atomic mass is 16.5. The van der Waals surface area contributed by atoms with Crippen molar-refractivity contribution >= 4 is 11.8 Å². The Bertz CT molecular complexity index is 389. The SMILES string of the molecule is COCC1(CNC(=O)CN2CCCCCCC2=O)CCNCC1. The summed E-state index contributed by atoms with van der Waals surface area (Å²) in [5.41, 5.74) is 0.0237. The van der Waals surface area contributed by atoms with Crippen LogP contribution in [0.4, 0.5) is 0 Å². The van der Waals surface area contributed by atoms with Gasteiger partial charge in [0.05, 0.1) is 13.2 Å². The third-order valence-corrected chi connectivity index (χ3v) is 5.03. The van der Waals surface area contributed by atoms with E-state index in [1.165, 1.54) is 0 Å². The summed E-state index contributed by atoms with van der Waals surface area (Å²) in [6.07, 6.45) is 6.80. The van der Waals surface area contributed by atoms with Gasteiger partial charge in [-0.2, -0.15) is 0 Å². The van der Waals surface area contributed by atoms with Gasteiger partial charge in [-0.1, -0.05) is 12.8 Å². The molecule has 0 spiro atoms. The fourth-order valence-electron chi connectivity index (χ4n) is 3.53. The van der Waals surface area contributed by atoms with Gasteiger partial charge in [-0.3, -0.25) is 9.59 Å². The summed E-state index contributed by atoms with van der Waals surface area (Å²) in [6, 6.07) is 0. The van der Waals surface area contributed by atoms with E-state index in [1.807, 2.05) is 0 Å². The van der Waals surface area contributed by atoms with Crippen molar-refractivity contribution in [3.05, 3.63) is 0 Å². The topological polar surface area (TPSA) is 70.7 Å². The van der Waals surface area contributed by atoms with Crippen molar-refractivity contribution in [1.82, 2.24) is 15.5 Å². The van der Waals surface area contributed by atoms with Gasteiger partial charge in [-0.25, -0.2) is 0 Å². The molecule has 2 fully saturated rings. The number of nitrogens with zero attached hydrogens (tertiary/aromatic N) is 1. The first-order valence-electron chi connectivity index (χ1n) is 8.89. The van der Waals surface area contributed by atoms with E-state index in [-0.39, 0.29) is 23.8 Å². The van der Waals surface area contributed by atoms with Gasteiger partial charge < -0.3 is 20.3 Å². The van der Waals surface area contributed by atoms with Crippen LogP contribution >= 0.6 is 0 Å². The molecule has 2 rings (SSSR count). The molecule has 2 aliphatic heterocycles. The molecule has 2 N–H and O–H groups in total. The van der Waals surface area contributed by atoms with E-state index in [2.05, 4.69) is 10.6 Å². The molecule has 0 unspecified atom stereocenters. The zero-order valence-electron chi connectivity index (χ0n) is 14.4. The molecule has 2 saturated heterocycles. The Morgan fingerprint density at radius 3 is 2.74 bits per heavy atom. The van der Waals surface area contributed by atoms with Gasteiger partial charge in [0, 0.05) is 32.0 Å². The highest BCUT2D eigenvalue weighted by molar-refractivity contribution is 5.84. The minimum atomic E-state index is -0.0482. The average molecular weight is 325 g/mol. The van der Waals surface area contributed by atoms with Gasteiger partial charge in [0.1, 0.15) is 0 Å². The van der Waals surface area contributed by atoms with Crippen molar-refractivity contribution in [2.24, 2.45) is 5.41 Å². The standard InChI is InChI=1S/C17H31N3O3/c1-23-14-17(7-9-18-10-8-17)13-19-15(21)12-20-11-5-3-2-4-6-16(20)22/h18H,2-14H2,1H3,(H,19,21). The second kappa shape index (κ2) is 9.23. The van der Waals surface area contributed by atoms with E-state index in [4.69, 9.17) is 4.74 Å². The second-order valence-corrected chi connectivity index (χ2v) is 6.94. The summed E-state index contributed by atoms with van der Waals surface area (Å²) in [5, 5.41) is 6.39. The first kappa shape index (κ1) is 18.2. The number of likely N-dealkylation sites (tertiary alicyclic amines) is 1. The van der Waals surface area contributed by atoms with E-state index < -0.39 is 0 Å². The second-order valence-electron chi connectivity index (χ2n) is 6.94. The van der Waals surface area contributed by atoms with Gasteiger partial charge in [-0.05, 0) is 38.8 Å². The molecule has 0 saturated carbocycles. The van der Waals surface area contributed by atoms with Gasteiger partial charge >= 0.3 is 0 Å². The first-order valence-corrected chi connectivity index (χ1v) is 8.89. The Morgan fingerprint density at radius 2 is 2.00 bits per heavy atom. The summed E-state index contributed by atoms with van der Waals surface area (Å²) in [4.78, 5) is 26.1. The lowest BCUT2D eigenvalue weighted by atomic mass is 9.79. The monoisotopic (exact) mass is 325 g/mol. The molecule has 0 atom stereocenters. The average Bonchev–Trinajstić information content (AvgIpc) is 2.54. The summed E-state index contributed by atoms with van der Waals surface area (Å²) in [7, 11) is 1.71. The Hall–Kier alpha value is -1.14. The number of carbonyl (C=O) groups excluding carboxylic acids is 2. The lowest BCUT2D eigenvalue weighted by Crippen LogP contribution is -2.49. The molecule has 132 valence electrons. The molecule has 2 amide bonds. The van der Waals surface area contributed by atoms with Crippen molar-refractivity contribution < 1.29 is 14.3 Å². The zero-order valence-corrected chi connectivity index (χ0v) is 14.4. The van der Waals surface area contributed by atoms with Gasteiger partial charge in [0.15, 0.2) is 0 Å². The predicted octanol–water partition coefficient (Wildman–Crippen LogP) is 0.912. The van der Waals surface area contributed by atoms with Gasteiger partial charge in [0.2, 0.25) is 11.8 Å². The smallest absolute Gasteiger partial charge is 0.239 e. The lowest BCUT2D eigenvalue weighted by Gasteiger charge is -2.37. The Balaban J connectivity index is 1.81. The normalized spacial score (nSPS) is 22.3. The maximum atomic E-state index is 12.3. The molecule has 0 radical (unpaired) electrons. The summed E-state index contributed by atoms with van der Waals surface area (Å²) in [5.74, 6) is 0.0706.